The van der Waals surface area contributed by atoms with Gasteiger partial charge in [0.15, 0.2) is 0 Å². The van der Waals surface area contributed by atoms with Gasteiger partial charge in [0.2, 0.25) is 5.91 Å². The highest BCUT2D eigenvalue weighted by Gasteiger charge is 2.33. The van der Waals surface area contributed by atoms with Gasteiger partial charge in [-0.1, -0.05) is 24.3 Å². The summed E-state index contributed by atoms with van der Waals surface area (Å²) in [5.74, 6) is 2.08. The fraction of sp³-hybridized carbons (Fsp3) is 0.407. The first kappa shape index (κ1) is 25.3. The summed E-state index contributed by atoms with van der Waals surface area (Å²) < 4.78 is 22.1. The third kappa shape index (κ3) is 6.38. The fourth-order valence-electron chi connectivity index (χ4n) is 3.98. The maximum Gasteiger partial charge on any atom is 0.240 e. The van der Waals surface area contributed by atoms with Crippen LogP contribution in [0.25, 0.3) is 12.2 Å². The molecule has 1 aliphatic rings. The van der Waals surface area contributed by atoms with Crippen molar-refractivity contribution in [2.24, 2.45) is 5.10 Å². The number of hydrogen-bond acceptors (Lipinski definition) is 6. The summed E-state index contributed by atoms with van der Waals surface area (Å²) in [7, 11) is 4.96. The van der Waals surface area contributed by atoms with Crippen molar-refractivity contribution in [2.45, 2.75) is 39.2 Å². The Morgan fingerprint density at radius 3 is 2.41 bits per heavy atom. The van der Waals surface area contributed by atoms with Crippen molar-refractivity contribution < 1.29 is 23.7 Å². The quantitative estimate of drug-likeness (QED) is 0.330. The SMILES string of the molecule is COCCCCOc1ccc(/C=C/c2cc(OC)cc(OC)c2C2CC(C)=NN2C(C)=O)cc1. The van der Waals surface area contributed by atoms with Crippen LogP contribution in [0, 0.1) is 0 Å². The number of hydrazone groups is 1. The highest BCUT2D eigenvalue weighted by Crippen LogP contribution is 2.41. The Morgan fingerprint density at radius 1 is 1.03 bits per heavy atom. The van der Waals surface area contributed by atoms with Gasteiger partial charge in [0.25, 0.3) is 0 Å². The van der Waals surface area contributed by atoms with Crippen LogP contribution in [0.4, 0.5) is 0 Å². The number of rotatable bonds is 11. The van der Waals surface area contributed by atoms with Crippen molar-refractivity contribution in [3.63, 3.8) is 0 Å². The van der Waals surface area contributed by atoms with E-state index >= 15 is 0 Å². The zero-order chi connectivity index (χ0) is 24.5. The Bertz CT molecular complexity index is 1030. The number of amides is 1. The molecule has 1 amide bonds. The average molecular weight is 467 g/mol. The van der Waals surface area contributed by atoms with Crippen LogP contribution in [0.1, 0.15) is 55.8 Å². The minimum absolute atomic E-state index is 0.104. The summed E-state index contributed by atoms with van der Waals surface area (Å²) in [6.45, 7) is 4.88. The van der Waals surface area contributed by atoms with E-state index in [0.717, 1.165) is 47.6 Å². The fourth-order valence-corrected chi connectivity index (χ4v) is 3.98. The molecule has 3 rings (SSSR count). The van der Waals surface area contributed by atoms with Crippen molar-refractivity contribution in [1.82, 2.24) is 5.01 Å². The smallest absolute Gasteiger partial charge is 0.240 e. The molecule has 0 saturated heterocycles. The molecule has 2 aromatic carbocycles. The molecule has 0 bridgehead atoms. The van der Waals surface area contributed by atoms with Gasteiger partial charge in [0.05, 0.1) is 26.9 Å². The largest absolute Gasteiger partial charge is 0.497 e. The summed E-state index contributed by atoms with van der Waals surface area (Å²) >= 11 is 0. The lowest BCUT2D eigenvalue weighted by Gasteiger charge is -2.25. The van der Waals surface area contributed by atoms with Crippen molar-refractivity contribution in [2.75, 3.05) is 34.5 Å². The van der Waals surface area contributed by atoms with E-state index in [4.69, 9.17) is 18.9 Å². The van der Waals surface area contributed by atoms with E-state index in [1.54, 1.807) is 21.3 Å². The van der Waals surface area contributed by atoms with Gasteiger partial charge < -0.3 is 18.9 Å². The molecule has 1 aliphatic heterocycles. The molecule has 7 heteroatoms. The number of hydrogen-bond donors (Lipinski definition) is 0. The third-order valence-electron chi connectivity index (χ3n) is 5.67. The van der Waals surface area contributed by atoms with Crippen LogP contribution >= 0.6 is 0 Å². The molecule has 2 aromatic rings. The molecular formula is C27H34N2O5. The van der Waals surface area contributed by atoms with Crippen molar-refractivity contribution in [3.8, 4) is 17.2 Å². The average Bonchev–Trinajstić information content (AvgIpc) is 3.24. The molecule has 34 heavy (non-hydrogen) atoms. The number of benzene rings is 2. The van der Waals surface area contributed by atoms with E-state index in [-0.39, 0.29) is 11.9 Å². The molecule has 1 unspecified atom stereocenters. The Labute approximate surface area is 202 Å². The molecule has 0 fully saturated rings. The molecule has 0 spiro atoms. The lowest BCUT2D eigenvalue weighted by molar-refractivity contribution is -0.130. The van der Waals surface area contributed by atoms with Crippen LogP contribution in [0.15, 0.2) is 41.5 Å². The van der Waals surface area contributed by atoms with Gasteiger partial charge >= 0.3 is 0 Å². The zero-order valence-corrected chi connectivity index (χ0v) is 20.7. The summed E-state index contributed by atoms with van der Waals surface area (Å²) in [5, 5.41) is 5.98. The molecule has 0 radical (unpaired) electrons. The van der Waals surface area contributed by atoms with Crippen molar-refractivity contribution >= 4 is 23.8 Å². The Morgan fingerprint density at radius 2 is 1.76 bits per heavy atom. The summed E-state index contributed by atoms with van der Waals surface area (Å²) in [6.07, 6.45) is 6.64. The minimum atomic E-state index is -0.230. The van der Waals surface area contributed by atoms with Crippen LogP contribution in [0.5, 0.6) is 17.2 Å². The number of carbonyl (C=O) groups excluding carboxylic acids is 1. The summed E-state index contributed by atoms with van der Waals surface area (Å²) in [5.41, 5.74) is 3.76. The number of unbranched alkanes of at least 4 members (excludes halogenated alkanes) is 1. The Kier molecular flexibility index (Phi) is 9.10. The van der Waals surface area contributed by atoms with Gasteiger partial charge in [0, 0.05) is 44.4 Å². The molecule has 1 atom stereocenters. The molecule has 1 heterocycles. The lowest BCUT2D eigenvalue weighted by Crippen LogP contribution is -2.25. The first-order valence-electron chi connectivity index (χ1n) is 11.5. The number of nitrogens with zero attached hydrogens (tertiary/aromatic N) is 2. The summed E-state index contributed by atoms with van der Waals surface area (Å²) in [4.78, 5) is 12.3. The topological polar surface area (TPSA) is 69.6 Å². The number of ether oxygens (including phenoxy) is 4. The molecule has 0 N–H and O–H groups in total. The standard InChI is InChI=1S/C27H34N2O5/c1-19-16-25(29(28-19)20(2)30)27-22(17-24(32-4)18-26(27)33-5)11-8-21-9-12-23(13-10-21)34-15-7-6-14-31-3/h8-13,17-18,25H,6-7,14-16H2,1-5H3/b11-8+. The van der Waals surface area contributed by atoms with E-state index < -0.39 is 0 Å². The highest BCUT2D eigenvalue weighted by atomic mass is 16.5. The van der Waals surface area contributed by atoms with Crippen molar-refractivity contribution in [1.29, 1.82) is 0 Å². The first-order chi connectivity index (χ1) is 16.5. The third-order valence-corrected chi connectivity index (χ3v) is 5.67. The van der Waals surface area contributed by atoms with E-state index in [2.05, 4.69) is 5.10 Å². The van der Waals surface area contributed by atoms with Crippen LogP contribution < -0.4 is 14.2 Å². The predicted octanol–water partition coefficient (Wildman–Crippen LogP) is 5.35. The van der Waals surface area contributed by atoms with E-state index in [1.165, 1.54) is 11.9 Å². The zero-order valence-electron chi connectivity index (χ0n) is 20.7. The maximum absolute atomic E-state index is 12.3. The predicted molar refractivity (Wildman–Crippen MR) is 135 cm³/mol. The van der Waals surface area contributed by atoms with Crippen LogP contribution in [-0.2, 0) is 9.53 Å². The molecule has 182 valence electrons. The number of carbonyl (C=O) groups is 1. The van der Waals surface area contributed by atoms with Gasteiger partial charge in [0.1, 0.15) is 17.2 Å². The number of methoxy groups -OCH3 is 3. The second-order valence-electron chi connectivity index (χ2n) is 8.20. The van der Waals surface area contributed by atoms with Gasteiger partial charge in [-0.15, -0.1) is 0 Å². The Hall–Kier alpha value is -3.32. The molecule has 0 aliphatic carbocycles. The van der Waals surface area contributed by atoms with Crippen LogP contribution in [0.2, 0.25) is 0 Å². The first-order valence-corrected chi connectivity index (χ1v) is 11.5. The van der Waals surface area contributed by atoms with Gasteiger partial charge in [-0.25, -0.2) is 5.01 Å². The van der Waals surface area contributed by atoms with E-state index in [9.17, 15) is 4.79 Å². The summed E-state index contributed by atoms with van der Waals surface area (Å²) in [6, 6.07) is 11.5. The lowest BCUT2D eigenvalue weighted by atomic mass is 9.94. The Balaban J connectivity index is 1.84. The maximum atomic E-state index is 12.3. The molecular weight excluding hydrogens is 432 g/mol. The molecule has 0 aromatic heterocycles. The van der Waals surface area contributed by atoms with Crippen LogP contribution in [0.3, 0.4) is 0 Å². The minimum Gasteiger partial charge on any atom is -0.497 e. The second-order valence-corrected chi connectivity index (χ2v) is 8.20. The van der Waals surface area contributed by atoms with Gasteiger partial charge in [-0.05, 0) is 49.1 Å². The second kappa shape index (κ2) is 12.2. The van der Waals surface area contributed by atoms with Crippen LogP contribution in [-0.4, -0.2) is 51.2 Å². The monoisotopic (exact) mass is 466 g/mol. The highest BCUT2D eigenvalue weighted by molar-refractivity contribution is 5.88. The van der Waals surface area contributed by atoms with E-state index in [0.29, 0.717) is 24.5 Å². The molecule has 7 nitrogen and oxygen atoms in total. The molecule has 0 saturated carbocycles. The van der Waals surface area contributed by atoms with E-state index in [1.807, 2.05) is 55.5 Å². The van der Waals surface area contributed by atoms with Gasteiger partial charge in [-0.3, -0.25) is 4.79 Å². The van der Waals surface area contributed by atoms with Gasteiger partial charge in [-0.2, -0.15) is 5.10 Å². The van der Waals surface area contributed by atoms with Crippen molar-refractivity contribution in [3.05, 3.63) is 53.1 Å². The normalized spacial score (nSPS) is 15.5.